The number of hydrogen-bond acceptors (Lipinski definition) is 7. The molecule has 1 saturated heterocycles. The number of aromatic amines is 1. The molecule has 0 radical (unpaired) electrons. The number of fused-ring (bicyclic) bond motifs is 1. The Hall–Kier alpha value is -2.94. The van der Waals surface area contributed by atoms with E-state index in [-0.39, 0.29) is 0 Å². The molecule has 4 heterocycles. The first-order valence-corrected chi connectivity index (χ1v) is 9.76. The van der Waals surface area contributed by atoms with Gasteiger partial charge in [-0.15, -0.1) is 0 Å². The van der Waals surface area contributed by atoms with Crippen LogP contribution in [0.1, 0.15) is 11.3 Å². The van der Waals surface area contributed by atoms with Crippen molar-refractivity contribution in [3.05, 3.63) is 60.3 Å². The van der Waals surface area contributed by atoms with E-state index < -0.39 is 5.85 Å². The summed E-state index contributed by atoms with van der Waals surface area (Å²) in [4.78, 5) is 16.1. The minimum absolute atomic E-state index is 0.555. The van der Waals surface area contributed by atoms with E-state index in [0.29, 0.717) is 19.8 Å². The van der Waals surface area contributed by atoms with E-state index >= 15 is 0 Å². The molecule has 2 aliphatic rings. The van der Waals surface area contributed by atoms with Crippen LogP contribution in [-0.4, -0.2) is 58.5 Å². The Morgan fingerprint density at radius 1 is 1.17 bits per heavy atom. The molecule has 0 spiro atoms. The standard InChI is InChI=1S/C21H24N6O2/c1-15-10-16(4-5-23-15)20-12-27(17-2-3-18-19(11-17)25-14-24-18)21(22,29-20)13-26-6-8-28-9-7-26/h2-5,10-12,14H,6-9,13,22H2,1H3,(H,24,25). The highest BCUT2D eigenvalue weighted by molar-refractivity contribution is 5.81. The fraction of sp³-hybridized carbons (Fsp3) is 0.333. The summed E-state index contributed by atoms with van der Waals surface area (Å²) in [5.41, 5.74) is 11.6. The molecule has 5 rings (SSSR count). The Kier molecular flexibility index (Phi) is 4.46. The zero-order valence-corrected chi connectivity index (χ0v) is 16.3. The van der Waals surface area contributed by atoms with E-state index in [1.54, 1.807) is 12.5 Å². The Balaban J connectivity index is 1.53. The SMILES string of the molecule is Cc1cc(C2=CN(c3ccc4[nH]cnc4c3)C(N)(CN3CCOCC3)O2)ccn1. The van der Waals surface area contributed by atoms with Crippen LogP contribution < -0.4 is 10.6 Å². The van der Waals surface area contributed by atoms with Gasteiger partial charge in [-0.05, 0) is 37.3 Å². The summed E-state index contributed by atoms with van der Waals surface area (Å²) in [5.74, 6) is -0.304. The van der Waals surface area contributed by atoms with Gasteiger partial charge in [-0.25, -0.2) is 4.98 Å². The monoisotopic (exact) mass is 392 g/mol. The predicted octanol–water partition coefficient (Wildman–Crippen LogP) is 2.05. The number of pyridine rings is 1. The van der Waals surface area contributed by atoms with E-state index in [9.17, 15) is 0 Å². The Labute approximate surface area is 168 Å². The van der Waals surface area contributed by atoms with Crippen LogP contribution in [0.3, 0.4) is 0 Å². The van der Waals surface area contributed by atoms with E-state index in [0.717, 1.165) is 46.8 Å². The van der Waals surface area contributed by atoms with Crippen molar-refractivity contribution in [1.82, 2.24) is 19.9 Å². The summed E-state index contributed by atoms with van der Waals surface area (Å²) in [6, 6.07) is 10.0. The third-order valence-corrected chi connectivity index (χ3v) is 5.36. The number of nitrogens with one attached hydrogen (secondary N) is 1. The van der Waals surface area contributed by atoms with Crippen molar-refractivity contribution in [2.45, 2.75) is 12.8 Å². The van der Waals surface area contributed by atoms with Gasteiger partial charge in [0.15, 0.2) is 0 Å². The van der Waals surface area contributed by atoms with Crippen molar-refractivity contribution in [1.29, 1.82) is 0 Å². The second-order valence-electron chi connectivity index (χ2n) is 7.49. The molecular formula is C21H24N6O2. The molecule has 8 heteroatoms. The maximum atomic E-state index is 6.88. The number of morpholine rings is 1. The molecule has 29 heavy (non-hydrogen) atoms. The summed E-state index contributed by atoms with van der Waals surface area (Å²) in [6.07, 6.45) is 5.45. The number of ether oxygens (including phenoxy) is 2. The number of rotatable bonds is 4. The smallest absolute Gasteiger partial charge is 0.255 e. The van der Waals surface area contributed by atoms with E-state index in [2.05, 4.69) is 19.9 Å². The van der Waals surface area contributed by atoms with Crippen LogP contribution >= 0.6 is 0 Å². The molecule has 3 aromatic rings. The zero-order chi connectivity index (χ0) is 19.8. The molecule has 0 aliphatic carbocycles. The van der Waals surface area contributed by atoms with Crippen LogP contribution in [0.15, 0.2) is 49.1 Å². The van der Waals surface area contributed by atoms with Gasteiger partial charge in [0.1, 0.15) is 5.76 Å². The molecular weight excluding hydrogens is 368 g/mol. The van der Waals surface area contributed by atoms with Crippen LogP contribution in [0.25, 0.3) is 16.8 Å². The lowest BCUT2D eigenvalue weighted by Gasteiger charge is -2.39. The maximum absolute atomic E-state index is 6.88. The van der Waals surface area contributed by atoms with Crippen LogP contribution in [0.5, 0.6) is 0 Å². The number of imidazole rings is 1. The summed E-state index contributed by atoms with van der Waals surface area (Å²) in [7, 11) is 0. The molecule has 2 aromatic heterocycles. The Morgan fingerprint density at radius 2 is 2.03 bits per heavy atom. The fourth-order valence-electron chi connectivity index (χ4n) is 3.88. The maximum Gasteiger partial charge on any atom is 0.255 e. The molecule has 0 bridgehead atoms. The summed E-state index contributed by atoms with van der Waals surface area (Å²) >= 11 is 0. The number of nitrogens with two attached hydrogens (primary N) is 1. The summed E-state index contributed by atoms with van der Waals surface area (Å²) in [6.45, 7) is 5.60. The predicted molar refractivity (Wildman–Crippen MR) is 111 cm³/mol. The van der Waals surface area contributed by atoms with Crippen LogP contribution in [0.4, 0.5) is 5.69 Å². The van der Waals surface area contributed by atoms with Gasteiger partial charge < -0.3 is 14.5 Å². The van der Waals surface area contributed by atoms with Crippen molar-refractivity contribution in [3.63, 3.8) is 0 Å². The molecule has 3 N–H and O–H groups in total. The first-order chi connectivity index (χ1) is 14.1. The quantitative estimate of drug-likeness (QED) is 0.702. The Morgan fingerprint density at radius 3 is 2.86 bits per heavy atom. The number of anilines is 1. The number of aromatic nitrogens is 3. The summed E-state index contributed by atoms with van der Waals surface area (Å²) < 4.78 is 11.9. The molecule has 1 unspecified atom stereocenters. The van der Waals surface area contributed by atoms with Crippen molar-refractivity contribution in [2.24, 2.45) is 5.73 Å². The van der Waals surface area contributed by atoms with Crippen molar-refractivity contribution in [3.8, 4) is 0 Å². The van der Waals surface area contributed by atoms with Crippen molar-refractivity contribution >= 4 is 22.5 Å². The molecule has 150 valence electrons. The van der Waals surface area contributed by atoms with Gasteiger partial charge in [0, 0.05) is 36.2 Å². The van der Waals surface area contributed by atoms with E-state index in [1.165, 1.54) is 0 Å². The van der Waals surface area contributed by atoms with Gasteiger partial charge >= 0.3 is 0 Å². The van der Waals surface area contributed by atoms with E-state index in [1.807, 2.05) is 48.4 Å². The number of benzene rings is 1. The van der Waals surface area contributed by atoms with Crippen LogP contribution in [0, 0.1) is 6.92 Å². The number of H-pyrrole nitrogens is 1. The first kappa shape index (κ1) is 18.1. The van der Waals surface area contributed by atoms with Gasteiger partial charge in [0.25, 0.3) is 5.85 Å². The minimum Gasteiger partial charge on any atom is -0.451 e. The lowest BCUT2D eigenvalue weighted by atomic mass is 10.2. The third-order valence-electron chi connectivity index (χ3n) is 5.36. The average Bonchev–Trinajstić information content (AvgIpc) is 3.32. The van der Waals surface area contributed by atoms with Crippen LogP contribution in [-0.2, 0) is 9.47 Å². The second-order valence-corrected chi connectivity index (χ2v) is 7.49. The highest BCUT2D eigenvalue weighted by Crippen LogP contribution is 2.36. The van der Waals surface area contributed by atoms with E-state index in [4.69, 9.17) is 15.2 Å². The van der Waals surface area contributed by atoms with Gasteiger partial charge in [-0.1, -0.05) is 0 Å². The van der Waals surface area contributed by atoms with Crippen LogP contribution in [0.2, 0.25) is 0 Å². The topological polar surface area (TPSA) is 92.5 Å². The zero-order valence-electron chi connectivity index (χ0n) is 16.3. The van der Waals surface area contributed by atoms with Gasteiger partial charge in [-0.3, -0.25) is 20.5 Å². The minimum atomic E-state index is -1.03. The highest BCUT2D eigenvalue weighted by Gasteiger charge is 2.42. The van der Waals surface area contributed by atoms with Gasteiger partial charge in [0.05, 0.1) is 43.3 Å². The number of nitrogens with zero attached hydrogens (tertiary/aromatic N) is 4. The second kappa shape index (κ2) is 7.14. The normalized spacial score (nSPS) is 22.7. The number of hydrogen-bond donors (Lipinski definition) is 2. The third kappa shape index (κ3) is 3.46. The molecule has 1 atom stereocenters. The lowest BCUT2D eigenvalue weighted by molar-refractivity contribution is -0.0179. The molecule has 0 saturated carbocycles. The Bertz CT molecular complexity index is 1060. The molecule has 8 nitrogen and oxygen atoms in total. The largest absolute Gasteiger partial charge is 0.451 e. The van der Waals surface area contributed by atoms with Gasteiger partial charge in [-0.2, -0.15) is 0 Å². The molecule has 2 aliphatic heterocycles. The molecule has 0 amide bonds. The van der Waals surface area contributed by atoms with Crippen molar-refractivity contribution < 1.29 is 9.47 Å². The summed E-state index contributed by atoms with van der Waals surface area (Å²) in [5, 5.41) is 0. The fourth-order valence-corrected chi connectivity index (χ4v) is 3.88. The first-order valence-electron chi connectivity index (χ1n) is 9.76. The van der Waals surface area contributed by atoms with Crippen molar-refractivity contribution in [2.75, 3.05) is 37.7 Å². The molecule has 1 aromatic carbocycles. The van der Waals surface area contributed by atoms with Gasteiger partial charge in [0.2, 0.25) is 0 Å². The molecule has 1 fully saturated rings. The lowest BCUT2D eigenvalue weighted by Crippen LogP contribution is -2.61. The number of aryl methyl sites for hydroxylation is 1. The average molecular weight is 392 g/mol. The highest BCUT2D eigenvalue weighted by atomic mass is 16.5.